The molecule has 1 aromatic carbocycles. The van der Waals surface area contributed by atoms with Crippen LogP contribution >= 0.6 is 15.9 Å². The number of halogens is 1. The van der Waals surface area contributed by atoms with E-state index in [2.05, 4.69) is 41.8 Å². The first-order chi connectivity index (χ1) is 10.4. The molecule has 0 fully saturated rings. The van der Waals surface area contributed by atoms with Crippen molar-refractivity contribution in [3.63, 3.8) is 0 Å². The van der Waals surface area contributed by atoms with Crippen LogP contribution in [-0.4, -0.2) is 14.3 Å². The van der Waals surface area contributed by atoms with E-state index in [-0.39, 0.29) is 17.1 Å². The summed E-state index contributed by atoms with van der Waals surface area (Å²) < 4.78 is 4.59. The van der Waals surface area contributed by atoms with Gasteiger partial charge in [-0.25, -0.2) is 9.48 Å². The fourth-order valence-electron chi connectivity index (χ4n) is 3.22. The molecule has 0 unspecified atom stereocenters. The monoisotopic (exact) mass is 363 g/mol. The summed E-state index contributed by atoms with van der Waals surface area (Å²) in [4.78, 5) is 12.8. The topological polar surface area (TPSA) is 39.8 Å². The van der Waals surface area contributed by atoms with E-state index in [0.717, 1.165) is 35.1 Å². The highest BCUT2D eigenvalue weighted by Crippen LogP contribution is 2.36. The number of fused-ring (bicyclic) bond motifs is 1. The van der Waals surface area contributed by atoms with Crippen LogP contribution in [0.4, 0.5) is 0 Å². The molecular weight excluding hydrogens is 342 g/mol. The number of aryl methyl sites for hydroxylation is 1. The molecule has 1 aliphatic rings. The molecule has 1 aromatic heterocycles. The summed E-state index contributed by atoms with van der Waals surface area (Å²) in [7, 11) is 0. The minimum atomic E-state index is 0.0255. The summed E-state index contributed by atoms with van der Waals surface area (Å²) in [6.45, 7) is 7.13. The van der Waals surface area contributed by atoms with Gasteiger partial charge in [0.2, 0.25) is 0 Å². The van der Waals surface area contributed by atoms with Crippen molar-refractivity contribution in [3.8, 4) is 0 Å². The van der Waals surface area contributed by atoms with Crippen molar-refractivity contribution in [2.24, 2.45) is 5.41 Å². The molecule has 22 heavy (non-hydrogen) atoms. The Morgan fingerprint density at radius 3 is 2.59 bits per heavy atom. The lowest BCUT2D eigenvalue weighted by molar-refractivity contribution is 0.199. The molecule has 2 heterocycles. The van der Waals surface area contributed by atoms with Crippen LogP contribution < -0.4 is 5.69 Å². The molecule has 118 valence electrons. The van der Waals surface area contributed by atoms with Crippen molar-refractivity contribution >= 4 is 15.9 Å². The van der Waals surface area contributed by atoms with Gasteiger partial charge in [0, 0.05) is 16.9 Å². The van der Waals surface area contributed by atoms with Gasteiger partial charge in [0.15, 0.2) is 0 Å². The Bertz CT molecular complexity index is 722. The van der Waals surface area contributed by atoms with Crippen molar-refractivity contribution in [2.75, 3.05) is 0 Å². The Balaban J connectivity index is 1.97. The van der Waals surface area contributed by atoms with Gasteiger partial charge in [-0.2, -0.15) is 5.10 Å². The van der Waals surface area contributed by atoms with Gasteiger partial charge in [0.05, 0.1) is 6.54 Å². The van der Waals surface area contributed by atoms with Gasteiger partial charge in [-0.3, -0.25) is 4.57 Å². The van der Waals surface area contributed by atoms with Crippen LogP contribution in [0.25, 0.3) is 0 Å². The van der Waals surface area contributed by atoms with Crippen molar-refractivity contribution in [1.29, 1.82) is 0 Å². The molecule has 0 aliphatic carbocycles. The zero-order chi connectivity index (χ0) is 15.9. The van der Waals surface area contributed by atoms with Crippen LogP contribution in [0.15, 0.2) is 33.5 Å². The van der Waals surface area contributed by atoms with Gasteiger partial charge in [0.25, 0.3) is 0 Å². The Hall–Kier alpha value is -1.36. The number of hydrogen-bond donors (Lipinski definition) is 0. The predicted octanol–water partition coefficient (Wildman–Crippen LogP) is 3.78. The van der Waals surface area contributed by atoms with E-state index in [4.69, 9.17) is 0 Å². The summed E-state index contributed by atoms with van der Waals surface area (Å²) in [5, 5.41) is 4.59. The first-order valence-corrected chi connectivity index (χ1v) is 8.58. The zero-order valence-corrected chi connectivity index (χ0v) is 14.9. The highest BCUT2D eigenvalue weighted by atomic mass is 79.9. The Morgan fingerprint density at radius 2 is 1.95 bits per heavy atom. The van der Waals surface area contributed by atoms with Gasteiger partial charge in [0.1, 0.15) is 5.82 Å². The molecule has 0 spiro atoms. The number of aromatic nitrogens is 3. The number of nitrogens with zero attached hydrogens (tertiary/aromatic N) is 3. The van der Waals surface area contributed by atoms with Gasteiger partial charge < -0.3 is 0 Å². The minimum absolute atomic E-state index is 0.0255. The normalized spacial score (nSPS) is 18.3. The average molecular weight is 364 g/mol. The van der Waals surface area contributed by atoms with Crippen molar-refractivity contribution in [3.05, 3.63) is 50.6 Å². The molecular formula is C17H22BrN3O. The molecule has 5 heteroatoms. The van der Waals surface area contributed by atoms with E-state index >= 15 is 0 Å². The predicted molar refractivity (Wildman–Crippen MR) is 91.2 cm³/mol. The lowest BCUT2D eigenvalue weighted by Crippen LogP contribution is -2.36. The van der Waals surface area contributed by atoms with Crippen LogP contribution in [0.1, 0.15) is 51.0 Å². The molecule has 0 bridgehead atoms. The molecule has 0 radical (unpaired) electrons. The van der Waals surface area contributed by atoms with Crippen LogP contribution in [0, 0.1) is 5.41 Å². The molecule has 0 N–H and O–H groups in total. The Kier molecular flexibility index (Phi) is 4.02. The Labute approximate surface area is 139 Å². The summed E-state index contributed by atoms with van der Waals surface area (Å²) in [6, 6.07) is 8.27. The molecule has 0 saturated heterocycles. The maximum atomic E-state index is 12.8. The third-order valence-electron chi connectivity index (χ3n) is 4.38. The summed E-state index contributed by atoms with van der Waals surface area (Å²) in [6.07, 6.45) is 3.06. The molecule has 1 atom stereocenters. The Morgan fingerprint density at radius 1 is 1.27 bits per heavy atom. The fraction of sp³-hybridized carbons (Fsp3) is 0.529. The first-order valence-electron chi connectivity index (χ1n) is 7.79. The lowest BCUT2D eigenvalue weighted by atomic mass is 9.82. The van der Waals surface area contributed by atoms with Crippen LogP contribution in [-0.2, 0) is 13.0 Å². The van der Waals surface area contributed by atoms with E-state index in [9.17, 15) is 4.79 Å². The highest BCUT2D eigenvalue weighted by molar-refractivity contribution is 9.10. The second-order valence-corrected chi connectivity index (χ2v) is 8.04. The van der Waals surface area contributed by atoms with Crippen LogP contribution in [0.2, 0.25) is 0 Å². The van der Waals surface area contributed by atoms with Gasteiger partial charge in [-0.1, -0.05) is 48.8 Å². The molecule has 3 rings (SSSR count). The number of rotatable bonds is 2. The fourth-order valence-corrected chi connectivity index (χ4v) is 3.48. The lowest BCUT2D eigenvalue weighted by Gasteiger charge is -2.34. The molecule has 2 aromatic rings. The van der Waals surface area contributed by atoms with E-state index in [0.29, 0.717) is 6.54 Å². The summed E-state index contributed by atoms with van der Waals surface area (Å²) in [5.74, 6) is 0.938. The second-order valence-electron chi connectivity index (χ2n) is 7.13. The summed E-state index contributed by atoms with van der Waals surface area (Å²) in [5.41, 5.74) is 1.19. The largest absolute Gasteiger partial charge is 0.346 e. The quantitative estimate of drug-likeness (QED) is 0.814. The van der Waals surface area contributed by atoms with Crippen LogP contribution in [0.5, 0.6) is 0 Å². The van der Waals surface area contributed by atoms with E-state index in [1.807, 2.05) is 28.8 Å². The third kappa shape index (κ3) is 2.91. The highest BCUT2D eigenvalue weighted by Gasteiger charge is 2.33. The zero-order valence-electron chi connectivity index (χ0n) is 13.3. The minimum Gasteiger partial charge on any atom is -0.275 e. The average Bonchev–Trinajstić information content (AvgIpc) is 2.77. The summed E-state index contributed by atoms with van der Waals surface area (Å²) >= 11 is 3.43. The molecule has 0 amide bonds. The first kappa shape index (κ1) is 15.5. The van der Waals surface area contributed by atoms with Gasteiger partial charge in [-0.05, 0) is 36.0 Å². The van der Waals surface area contributed by atoms with E-state index < -0.39 is 0 Å². The third-order valence-corrected chi connectivity index (χ3v) is 4.90. The van der Waals surface area contributed by atoms with E-state index in [1.165, 1.54) is 0 Å². The molecule has 1 aliphatic heterocycles. The second kappa shape index (κ2) is 5.69. The molecule has 0 saturated carbocycles. The van der Waals surface area contributed by atoms with Gasteiger partial charge in [-0.15, -0.1) is 0 Å². The maximum absolute atomic E-state index is 12.8. The maximum Gasteiger partial charge on any atom is 0.346 e. The van der Waals surface area contributed by atoms with Crippen molar-refractivity contribution < 1.29 is 0 Å². The number of benzene rings is 1. The van der Waals surface area contributed by atoms with Crippen LogP contribution in [0.3, 0.4) is 0 Å². The standard InChI is InChI=1S/C17H22BrN3O/c1-17(2,3)14-5-4-6-15-19-20(16(22)21(14)15)11-12-7-9-13(18)10-8-12/h7-10,14H,4-6,11H2,1-3H3/t14-/m0/s1. The molecule has 4 nitrogen and oxygen atoms in total. The van der Waals surface area contributed by atoms with E-state index in [1.54, 1.807) is 4.68 Å². The van der Waals surface area contributed by atoms with Crippen molar-refractivity contribution in [2.45, 2.75) is 52.6 Å². The van der Waals surface area contributed by atoms with Gasteiger partial charge >= 0.3 is 5.69 Å². The van der Waals surface area contributed by atoms with Crippen molar-refractivity contribution in [1.82, 2.24) is 14.3 Å². The SMILES string of the molecule is CC(C)(C)[C@@H]1CCCc2nn(Cc3ccc(Br)cc3)c(=O)n21. The number of hydrogen-bond acceptors (Lipinski definition) is 2. The smallest absolute Gasteiger partial charge is 0.275 e.